The number of carbonyl (C=O) groups is 1. The third-order valence-corrected chi connectivity index (χ3v) is 1.27. The molecule has 0 aromatic carbocycles. The van der Waals surface area contributed by atoms with Gasteiger partial charge in [-0.1, -0.05) is 6.92 Å². The Morgan fingerprint density at radius 1 is 1.88 bits per heavy atom. The van der Waals surface area contributed by atoms with Crippen LogP contribution in [-0.2, 0) is 9.53 Å². The van der Waals surface area contributed by atoms with Gasteiger partial charge in [0.05, 0.1) is 6.61 Å². The van der Waals surface area contributed by atoms with E-state index in [2.05, 4.69) is 4.74 Å². The summed E-state index contributed by atoms with van der Waals surface area (Å²) in [5, 5.41) is 8.79. The van der Waals surface area contributed by atoms with E-state index < -0.39 is 12.1 Å². The molecule has 0 aliphatic carbocycles. The molecule has 8 heavy (non-hydrogen) atoms. The molecule has 0 aromatic heterocycles. The maximum atomic E-state index is 10.3. The number of ether oxygens (including phenoxy) is 1. The van der Waals surface area contributed by atoms with Crippen LogP contribution in [0.5, 0.6) is 0 Å². The van der Waals surface area contributed by atoms with Crippen molar-refractivity contribution in [3.63, 3.8) is 0 Å². The summed E-state index contributed by atoms with van der Waals surface area (Å²) in [6.45, 7) is 2.13. The molecule has 1 N–H and O–H groups in total. The fourth-order valence-corrected chi connectivity index (χ4v) is 0.622. The summed E-state index contributed by atoms with van der Waals surface area (Å²) in [4.78, 5) is 10.3. The Morgan fingerprint density at radius 2 is 2.50 bits per heavy atom. The number of hydrogen-bond donors (Lipinski definition) is 1. The van der Waals surface area contributed by atoms with Gasteiger partial charge in [-0.3, -0.25) is 0 Å². The zero-order chi connectivity index (χ0) is 6.15. The summed E-state index contributed by atoms with van der Waals surface area (Å²) in [7, 11) is 0. The van der Waals surface area contributed by atoms with Crippen LogP contribution in [0.4, 0.5) is 0 Å². The van der Waals surface area contributed by atoms with Gasteiger partial charge in [0.1, 0.15) is 0 Å². The molecular weight excluding hydrogens is 108 g/mol. The van der Waals surface area contributed by atoms with Crippen molar-refractivity contribution in [1.29, 1.82) is 0 Å². The first-order chi connectivity index (χ1) is 3.72. The van der Waals surface area contributed by atoms with E-state index in [1.165, 1.54) is 0 Å². The summed E-state index contributed by atoms with van der Waals surface area (Å²) >= 11 is 0. The number of rotatable bonds is 0. The fraction of sp³-hybridized carbons (Fsp3) is 0.800. The molecule has 1 saturated heterocycles. The molecule has 3 heteroatoms. The molecule has 1 fully saturated rings. The first kappa shape index (κ1) is 5.56. The molecule has 1 rings (SSSR count). The Labute approximate surface area is 47.3 Å². The fourth-order valence-electron chi connectivity index (χ4n) is 0.622. The number of aliphatic hydroxyl groups excluding tert-OH is 1. The molecule has 0 radical (unpaired) electrons. The second-order valence-electron chi connectivity index (χ2n) is 2.05. The average Bonchev–Trinajstić information content (AvgIpc) is 1.98. The predicted octanol–water partition coefficient (Wildman–Crippen LogP) is -0.460. The van der Waals surface area contributed by atoms with E-state index in [0.29, 0.717) is 6.61 Å². The minimum Gasteiger partial charge on any atom is -0.463 e. The van der Waals surface area contributed by atoms with Crippen molar-refractivity contribution >= 4 is 5.97 Å². The largest absolute Gasteiger partial charge is 0.463 e. The minimum atomic E-state index is -0.880. The van der Waals surface area contributed by atoms with E-state index in [4.69, 9.17) is 5.11 Å². The Balaban J connectivity index is 2.56. The molecule has 0 bridgehead atoms. The molecule has 1 heterocycles. The van der Waals surface area contributed by atoms with Gasteiger partial charge in [-0.25, -0.2) is 4.79 Å². The molecule has 1 aliphatic heterocycles. The van der Waals surface area contributed by atoms with Gasteiger partial charge in [0.25, 0.3) is 0 Å². The van der Waals surface area contributed by atoms with Gasteiger partial charge in [0.2, 0.25) is 0 Å². The zero-order valence-corrected chi connectivity index (χ0v) is 4.63. The van der Waals surface area contributed by atoms with Gasteiger partial charge in [0.15, 0.2) is 6.10 Å². The Morgan fingerprint density at radius 3 is 2.62 bits per heavy atom. The molecule has 0 saturated carbocycles. The van der Waals surface area contributed by atoms with Crippen molar-refractivity contribution < 1.29 is 14.6 Å². The lowest BCUT2D eigenvalue weighted by Gasteiger charge is -1.97. The van der Waals surface area contributed by atoms with Crippen LogP contribution in [0.2, 0.25) is 0 Å². The number of carbonyl (C=O) groups excluding carboxylic acids is 1. The molecule has 0 spiro atoms. The first-order valence-corrected chi connectivity index (χ1v) is 2.56. The number of esters is 1. The minimum absolute atomic E-state index is 0.0255. The monoisotopic (exact) mass is 116 g/mol. The average molecular weight is 116 g/mol. The summed E-state index contributed by atoms with van der Waals surface area (Å²) in [5.41, 5.74) is 0. The molecular formula is C5H8O3. The van der Waals surface area contributed by atoms with Crippen LogP contribution in [-0.4, -0.2) is 23.8 Å². The highest BCUT2D eigenvalue weighted by molar-refractivity contribution is 5.76. The third kappa shape index (κ3) is 0.690. The van der Waals surface area contributed by atoms with Gasteiger partial charge in [0, 0.05) is 5.92 Å². The summed E-state index contributed by atoms with van der Waals surface area (Å²) in [5.74, 6) is -0.514. The van der Waals surface area contributed by atoms with Crippen LogP contribution in [0.1, 0.15) is 6.92 Å². The number of cyclic esters (lactones) is 1. The second-order valence-corrected chi connectivity index (χ2v) is 2.05. The quantitative estimate of drug-likeness (QED) is 0.435. The highest BCUT2D eigenvalue weighted by Crippen LogP contribution is 2.12. The molecule has 3 nitrogen and oxygen atoms in total. The van der Waals surface area contributed by atoms with E-state index in [9.17, 15) is 4.79 Å². The lowest BCUT2D eigenvalue weighted by atomic mass is 10.1. The maximum Gasteiger partial charge on any atom is 0.335 e. The van der Waals surface area contributed by atoms with Crippen LogP contribution in [0, 0.1) is 5.92 Å². The van der Waals surface area contributed by atoms with Crippen molar-refractivity contribution in [3.8, 4) is 0 Å². The summed E-state index contributed by atoms with van der Waals surface area (Å²) in [6.07, 6.45) is -0.880. The van der Waals surface area contributed by atoms with E-state index >= 15 is 0 Å². The lowest BCUT2D eigenvalue weighted by molar-refractivity contribution is -0.144. The number of hydrogen-bond acceptors (Lipinski definition) is 3. The van der Waals surface area contributed by atoms with Gasteiger partial charge < -0.3 is 9.84 Å². The molecule has 0 unspecified atom stereocenters. The van der Waals surface area contributed by atoms with Crippen LogP contribution in [0.25, 0.3) is 0 Å². The maximum absolute atomic E-state index is 10.3. The first-order valence-electron chi connectivity index (χ1n) is 2.56. The Hall–Kier alpha value is -0.570. The SMILES string of the molecule is C[C@@H]1COC(=O)[C@@H]1O. The smallest absolute Gasteiger partial charge is 0.335 e. The normalized spacial score (nSPS) is 37.5. The van der Waals surface area contributed by atoms with E-state index in [1.807, 2.05) is 0 Å². The summed E-state index contributed by atoms with van der Waals surface area (Å²) < 4.78 is 4.49. The lowest BCUT2D eigenvalue weighted by Crippen LogP contribution is -2.18. The molecule has 1 aliphatic rings. The highest BCUT2D eigenvalue weighted by Gasteiger charge is 2.31. The zero-order valence-electron chi connectivity index (χ0n) is 4.63. The highest BCUT2D eigenvalue weighted by atomic mass is 16.6. The van der Waals surface area contributed by atoms with Gasteiger partial charge in [-0.05, 0) is 0 Å². The van der Waals surface area contributed by atoms with Crippen LogP contribution in [0.3, 0.4) is 0 Å². The number of aliphatic hydroxyl groups is 1. The van der Waals surface area contributed by atoms with Crippen molar-refractivity contribution in [2.75, 3.05) is 6.61 Å². The molecule has 2 atom stereocenters. The summed E-state index contributed by atoms with van der Waals surface area (Å²) in [6, 6.07) is 0. The third-order valence-electron chi connectivity index (χ3n) is 1.27. The van der Waals surface area contributed by atoms with Crippen molar-refractivity contribution in [3.05, 3.63) is 0 Å². The Kier molecular flexibility index (Phi) is 1.21. The van der Waals surface area contributed by atoms with Gasteiger partial charge in [-0.15, -0.1) is 0 Å². The van der Waals surface area contributed by atoms with Crippen LogP contribution >= 0.6 is 0 Å². The molecule has 0 aromatic rings. The van der Waals surface area contributed by atoms with E-state index in [0.717, 1.165) is 0 Å². The van der Waals surface area contributed by atoms with Crippen molar-refractivity contribution in [1.82, 2.24) is 0 Å². The van der Waals surface area contributed by atoms with Crippen molar-refractivity contribution in [2.24, 2.45) is 5.92 Å². The van der Waals surface area contributed by atoms with Crippen LogP contribution < -0.4 is 0 Å². The Bertz CT molecular complexity index is 110. The molecule has 46 valence electrons. The molecule has 0 amide bonds. The van der Waals surface area contributed by atoms with E-state index in [-0.39, 0.29) is 5.92 Å². The van der Waals surface area contributed by atoms with Crippen LogP contribution in [0.15, 0.2) is 0 Å². The van der Waals surface area contributed by atoms with Crippen molar-refractivity contribution in [2.45, 2.75) is 13.0 Å². The van der Waals surface area contributed by atoms with Gasteiger partial charge >= 0.3 is 5.97 Å². The van der Waals surface area contributed by atoms with E-state index in [1.54, 1.807) is 6.92 Å². The second kappa shape index (κ2) is 1.74. The predicted molar refractivity (Wildman–Crippen MR) is 26.1 cm³/mol. The standard InChI is InChI=1S/C5H8O3/c1-3-2-8-5(7)4(3)6/h3-4,6H,2H2,1H3/t3-,4-/m1/s1. The topological polar surface area (TPSA) is 46.5 Å². The van der Waals surface area contributed by atoms with Gasteiger partial charge in [-0.2, -0.15) is 0 Å².